The van der Waals surface area contributed by atoms with Crippen LogP contribution in [0.4, 0.5) is 10.5 Å². The lowest BCUT2D eigenvalue weighted by Crippen LogP contribution is -2.44. The molecule has 1 aromatic carbocycles. The predicted octanol–water partition coefficient (Wildman–Crippen LogP) is 2.97. The van der Waals surface area contributed by atoms with E-state index in [0.717, 1.165) is 29.1 Å². The molecule has 0 saturated heterocycles. The van der Waals surface area contributed by atoms with E-state index in [1.807, 2.05) is 18.2 Å². The van der Waals surface area contributed by atoms with Crippen molar-refractivity contribution in [2.24, 2.45) is 11.7 Å². The number of benzene rings is 1. The highest BCUT2D eigenvalue weighted by Crippen LogP contribution is 2.23. The first-order chi connectivity index (χ1) is 17.1. The summed E-state index contributed by atoms with van der Waals surface area (Å²) in [7, 11) is 0. The molecule has 0 saturated carbocycles. The van der Waals surface area contributed by atoms with E-state index in [-0.39, 0.29) is 25.1 Å². The number of anilines is 1. The maximum atomic E-state index is 13.1. The largest absolute Gasteiger partial charge is 0.465 e. The van der Waals surface area contributed by atoms with Crippen LogP contribution in [0.2, 0.25) is 0 Å². The van der Waals surface area contributed by atoms with Crippen molar-refractivity contribution in [1.29, 1.82) is 0 Å². The van der Waals surface area contributed by atoms with Gasteiger partial charge in [-0.15, -0.1) is 0 Å². The van der Waals surface area contributed by atoms with Gasteiger partial charge in [0.2, 0.25) is 11.8 Å². The third-order valence-electron chi connectivity index (χ3n) is 5.58. The van der Waals surface area contributed by atoms with Crippen LogP contribution >= 0.6 is 0 Å². The van der Waals surface area contributed by atoms with Gasteiger partial charge in [0.25, 0.3) is 5.56 Å². The van der Waals surface area contributed by atoms with E-state index >= 15 is 0 Å². The van der Waals surface area contributed by atoms with Crippen molar-refractivity contribution < 1.29 is 19.5 Å². The number of hydrogen-bond acceptors (Lipinski definition) is 4. The molecule has 2 heterocycles. The number of nitrogens with two attached hydrogens (primary N) is 1. The van der Waals surface area contributed by atoms with Gasteiger partial charge in [-0.05, 0) is 61.1 Å². The molecule has 0 aliphatic heterocycles. The highest BCUT2D eigenvalue weighted by Gasteiger charge is 2.21. The second-order valence-corrected chi connectivity index (χ2v) is 9.00. The molecular formula is C26H31N5O5. The molecule has 0 bridgehead atoms. The lowest BCUT2D eigenvalue weighted by molar-refractivity contribution is -0.118. The number of carbonyl (C=O) groups is 3. The van der Waals surface area contributed by atoms with E-state index in [0.29, 0.717) is 5.92 Å². The van der Waals surface area contributed by atoms with Crippen LogP contribution in [-0.2, 0) is 22.6 Å². The van der Waals surface area contributed by atoms with Crippen molar-refractivity contribution in [3.8, 4) is 0 Å². The normalized spacial score (nSPS) is 12.2. The number of fused-ring (bicyclic) bond motifs is 1. The van der Waals surface area contributed by atoms with Gasteiger partial charge in [0, 0.05) is 22.8 Å². The summed E-state index contributed by atoms with van der Waals surface area (Å²) in [6.45, 7) is 4.60. The average Bonchev–Trinajstić information content (AvgIpc) is 3.21. The molecule has 3 aromatic rings. The van der Waals surface area contributed by atoms with Crippen molar-refractivity contribution >= 4 is 34.5 Å². The zero-order valence-electron chi connectivity index (χ0n) is 20.3. The molecule has 0 aliphatic carbocycles. The van der Waals surface area contributed by atoms with Gasteiger partial charge >= 0.3 is 6.09 Å². The molecule has 3 amide bonds. The molecule has 2 aromatic heterocycles. The van der Waals surface area contributed by atoms with Crippen LogP contribution < -0.4 is 21.9 Å². The fraction of sp³-hybridized carbons (Fsp3) is 0.308. The Bertz CT molecular complexity index is 1340. The van der Waals surface area contributed by atoms with Crippen LogP contribution in [0, 0.1) is 5.92 Å². The molecule has 6 N–H and O–H groups in total. The lowest BCUT2D eigenvalue weighted by Gasteiger charge is -2.16. The monoisotopic (exact) mass is 493 g/mol. The quantitative estimate of drug-likeness (QED) is 0.259. The Labute approximate surface area is 208 Å². The third-order valence-corrected chi connectivity index (χ3v) is 5.58. The molecule has 0 unspecified atom stereocenters. The Morgan fingerprint density at radius 1 is 1.19 bits per heavy atom. The van der Waals surface area contributed by atoms with E-state index in [1.165, 1.54) is 22.3 Å². The number of pyridine rings is 1. The first kappa shape index (κ1) is 26.3. The Morgan fingerprint density at radius 2 is 1.97 bits per heavy atom. The van der Waals surface area contributed by atoms with E-state index in [9.17, 15) is 19.2 Å². The van der Waals surface area contributed by atoms with E-state index in [2.05, 4.69) is 35.5 Å². The summed E-state index contributed by atoms with van der Waals surface area (Å²) in [5.74, 6) is -0.808. The van der Waals surface area contributed by atoms with Crippen LogP contribution in [0.25, 0.3) is 10.9 Å². The smallest absolute Gasteiger partial charge is 0.405 e. The number of nitrogens with zero attached hydrogens (tertiary/aromatic N) is 1. The molecule has 1 atom stereocenters. The summed E-state index contributed by atoms with van der Waals surface area (Å²) in [6.07, 6.45) is 4.10. The SMILES string of the molecule is CC(C)Cc1cccc2[nH]c(Cn3cccc(NC(=O)[C@H](CC/C=C/C(N)=O)NC(=O)O)c3=O)cc12. The van der Waals surface area contributed by atoms with Gasteiger partial charge < -0.3 is 31.0 Å². The maximum absolute atomic E-state index is 13.1. The minimum absolute atomic E-state index is 0.0315. The van der Waals surface area contributed by atoms with Gasteiger partial charge in [-0.1, -0.05) is 32.1 Å². The number of hydrogen-bond donors (Lipinski definition) is 5. The average molecular weight is 494 g/mol. The van der Waals surface area contributed by atoms with Crippen molar-refractivity contribution in [2.45, 2.75) is 45.7 Å². The highest BCUT2D eigenvalue weighted by molar-refractivity contribution is 5.96. The van der Waals surface area contributed by atoms with Gasteiger partial charge in [0.05, 0.1) is 6.54 Å². The number of carbonyl (C=O) groups excluding carboxylic acids is 2. The summed E-state index contributed by atoms with van der Waals surface area (Å²) in [5, 5.41) is 14.9. The molecule has 10 heteroatoms. The van der Waals surface area contributed by atoms with Crippen molar-refractivity contribution in [1.82, 2.24) is 14.9 Å². The fourth-order valence-electron chi connectivity index (χ4n) is 4.02. The number of H-pyrrole nitrogens is 1. The van der Waals surface area contributed by atoms with Crippen LogP contribution in [0.1, 0.15) is 37.9 Å². The molecular weight excluding hydrogens is 462 g/mol. The maximum Gasteiger partial charge on any atom is 0.405 e. The minimum Gasteiger partial charge on any atom is -0.465 e. The molecule has 3 rings (SSSR count). The number of amides is 3. The Hall–Kier alpha value is -4.34. The Morgan fingerprint density at radius 3 is 2.67 bits per heavy atom. The van der Waals surface area contributed by atoms with E-state index < -0.39 is 29.5 Å². The van der Waals surface area contributed by atoms with Gasteiger partial charge in [0.1, 0.15) is 11.7 Å². The number of allylic oxidation sites excluding steroid dienone is 1. The number of carboxylic acid groups (broad SMARTS) is 1. The fourth-order valence-corrected chi connectivity index (χ4v) is 4.02. The van der Waals surface area contributed by atoms with Crippen LogP contribution in [0.15, 0.2) is 59.5 Å². The van der Waals surface area contributed by atoms with Gasteiger partial charge in [-0.3, -0.25) is 14.4 Å². The first-order valence-corrected chi connectivity index (χ1v) is 11.7. The molecule has 0 radical (unpaired) electrons. The zero-order valence-corrected chi connectivity index (χ0v) is 20.3. The molecule has 190 valence electrons. The predicted molar refractivity (Wildman–Crippen MR) is 138 cm³/mol. The molecule has 36 heavy (non-hydrogen) atoms. The van der Waals surface area contributed by atoms with Crippen molar-refractivity contribution in [3.63, 3.8) is 0 Å². The third kappa shape index (κ3) is 7.08. The number of rotatable bonds is 11. The van der Waals surface area contributed by atoms with Crippen molar-refractivity contribution in [3.05, 3.63) is 76.4 Å². The summed E-state index contributed by atoms with van der Waals surface area (Å²) >= 11 is 0. The summed E-state index contributed by atoms with van der Waals surface area (Å²) in [4.78, 5) is 51.1. The zero-order chi connectivity index (χ0) is 26.2. The van der Waals surface area contributed by atoms with Gasteiger partial charge in [-0.25, -0.2) is 4.79 Å². The topological polar surface area (TPSA) is 159 Å². The number of aromatic amines is 1. The first-order valence-electron chi connectivity index (χ1n) is 11.7. The lowest BCUT2D eigenvalue weighted by atomic mass is 10.00. The standard InChI is InChI=1S/C26H31N5O5/c1-16(2)13-17-7-5-9-20-19(17)14-18(28-20)15-31-12-6-10-22(25(31)34)29-24(33)21(30-26(35)36)8-3-4-11-23(27)32/h4-7,9-12,14,16,21,28,30H,3,8,13,15H2,1-2H3,(H2,27,32)(H,29,33)(H,35,36)/b11-4+/t21-/m0/s1. The summed E-state index contributed by atoms with van der Waals surface area (Å²) in [6, 6.07) is 10.1. The number of aromatic nitrogens is 2. The second-order valence-electron chi connectivity index (χ2n) is 9.00. The second kappa shape index (κ2) is 11.9. The molecule has 0 spiro atoms. The van der Waals surface area contributed by atoms with E-state index in [1.54, 1.807) is 12.3 Å². The van der Waals surface area contributed by atoms with Crippen LogP contribution in [0.3, 0.4) is 0 Å². The van der Waals surface area contributed by atoms with Crippen LogP contribution in [-0.4, -0.2) is 38.6 Å². The van der Waals surface area contributed by atoms with Gasteiger partial charge in [-0.2, -0.15) is 0 Å². The Kier molecular flexibility index (Phi) is 8.66. The molecule has 10 nitrogen and oxygen atoms in total. The summed E-state index contributed by atoms with van der Waals surface area (Å²) < 4.78 is 1.47. The van der Waals surface area contributed by atoms with Crippen LogP contribution in [0.5, 0.6) is 0 Å². The van der Waals surface area contributed by atoms with E-state index in [4.69, 9.17) is 10.8 Å². The summed E-state index contributed by atoms with van der Waals surface area (Å²) in [5.41, 5.74) is 7.72. The molecule has 0 aliphatic rings. The van der Waals surface area contributed by atoms with Gasteiger partial charge in [0.15, 0.2) is 0 Å². The van der Waals surface area contributed by atoms with Crippen molar-refractivity contribution in [2.75, 3.05) is 5.32 Å². The Balaban J connectivity index is 1.77. The number of primary amides is 1. The minimum atomic E-state index is -1.38. The number of nitrogens with one attached hydrogen (secondary N) is 3. The highest BCUT2D eigenvalue weighted by atomic mass is 16.4. The molecule has 0 fully saturated rings.